The summed E-state index contributed by atoms with van der Waals surface area (Å²) in [5.74, 6) is 2.42. The number of aromatic nitrogens is 3. The molecule has 0 aliphatic rings. The number of furan rings is 1. The number of methoxy groups -OCH3 is 2. The van der Waals surface area contributed by atoms with Crippen molar-refractivity contribution in [1.29, 1.82) is 0 Å². The summed E-state index contributed by atoms with van der Waals surface area (Å²) in [7, 11) is 3.18. The van der Waals surface area contributed by atoms with Gasteiger partial charge >= 0.3 is 0 Å². The van der Waals surface area contributed by atoms with Gasteiger partial charge in [-0.3, -0.25) is 9.36 Å². The number of nitrogens with zero attached hydrogens (tertiary/aromatic N) is 3. The normalized spacial score (nSPS) is 10.6. The second kappa shape index (κ2) is 9.40. The second-order valence-corrected chi connectivity index (χ2v) is 7.30. The SMILES string of the molecule is COc1ccc(-n2c(SCC(=O)Nc3ccccc3OC)nnc2-c2ccco2)cc1. The number of anilines is 1. The van der Waals surface area contributed by atoms with Gasteiger partial charge in [0.2, 0.25) is 11.7 Å². The summed E-state index contributed by atoms with van der Waals surface area (Å²) >= 11 is 1.27. The molecule has 2 aromatic carbocycles. The number of nitrogens with one attached hydrogen (secondary N) is 1. The molecule has 0 bridgehead atoms. The maximum absolute atomic E-state index is 12.5. The van der Waals surface area contributed by atoms with Gasteiger partial charge in [0, 0.05) is 0 Å². The van der Waals surface area contributed by atoms with E-state index in [2.05, 4.69) is 15.5 Å². The summed E-state index contributed by atoms with van der Waals surface area (Å²) in [5, 5.41) is 12.0. The summed E-state index contributed by atoms with van der Waals surface area (Å²) in [6.07, 6.45) is 1.58. The fourth-order valence-electron chi connectivity index (χ4n) is 2.96. The Labute approximate surface area is 183 Å². The highest BCUT2D eigenvalue weighted by atomic mass is 32.2. The van der Waals surface area contributed by atoms with Crippen molar-refractivity contribution in [2.45, 2.75) is 5.16 Å². The Morgan fingerprint density at radius 2 is 1.84 bits per heavy atom. The van der Waals surface area contributed by atoms with Gasteiger partial charge < -0.3 is 19.2 Å². The number of benzene rings is 2. The molecule has 0 aliphatic carbocycles. The Morgan fingerprint density at radius 3 is 2.55 bits per heavy atom. The van der Waals surface area contributed by atoms with Gasteiger partial charge in [-0.15, -0.1) is 10.2 Å². The van der Waals surface area contributed by atoms with Gasteiger partial charge in [-0.25, -0.2) is 0 Å². The first-order valence-corrected chi connectivity index (χ1v) is 10.4. The van der Waals surface area contributed by atoms with Crippen molar-refractivity contribution in [3.05, 3.63) is 66.9 Å². The predicted molar refractivity (Wildman–Crippen MR) is 118 cm³/mol. The molecular formula is C22H20N4O4S. The number of hydrogen-bond donors (Lipinski definition) is 1. The summed E-state index contributed by atoms with van der Waals surface area (Å²) in [4.78, 5) is 12.5. The molecule has 0 aliphatic heterocycles. The molecule has 0 saturated heterocycles. The van der Waals surface area contributed by atoms with Crippen LogP contribution < -0.4 is 14.8 Å². The van der Waals surface area contributed by atoms with Gasteiger partial charge in [0.15, 0.2) is 10.9 Å². The quantitative estimate of drug-likeness (QED) is 0.412. The predicted octanol–water partition coefficient (Wildman–Crippen LogP) is 4.28. The highest BCUT2D eigenvalue weighted by Gasteiger charge is 2.19. The van der Waals surface area contributed by atoms with Gasteiger partial charge in [-0.05, 0) is 48.5 Å². The fraction of sp³-hybridized carbons (Fsp3) is 0.136. The zero-order chi connectivity index (χ0) is 21.6. The van der Waals surface area contributed by atoms with Crippen LogP contribution in [0.2, 0.25) is 0 Å². The van der Waals surface area contributed by atoms with E-state index in [1.54, 1.807) is 38.7 Å². The van der Waals surface area contributed by atoms with Crippen molar-refractivity contribution in [2.24, 2.45) is 0 Å². The van der Waals surface area contributed by atoms with Crippen LogP contribution in [0.3, 0.4) is 0 Å². The maximum Gasteiger partial charge on any atom is 0.234 e. The highest BCUT2D eigenvalue weighted by molar-refractivity contribution is 7.99. The average Bonchev–Trinajstić information content (AvgIpc) is 3.48. The van der Waals surface area contributed by atoms with Gasteiger partial charge in [-0.2, -0.15) is 0 Å². The zero-order valence-corrected chi connectivity index (χ0v) is 17.8. The van der Waals surface area contributed by atoms with E-state index in [0.29, 0.717) is 28.2 Å². The second-order valence-electron chi connectivity index (χ2n) is 6.35. The lowest BCUT2D eigenvalue weighted by atomic mass is 10.3. The number of ether oxygens (including phenoxy) is 2. The Morgan fingerprint density at radius 1 is 1.03 bits per heavy atom. The molecule has 31 heavy (non-hydrogen) atoms. The van der Waals surface area contributed by atoms with Crippen LogP contribution in [0.15, 0.2) is 76.5 Å². The Bertz CT molecular complexity index is 1160. The van der Waals surface area contributed by atoms with Crippen LogP contribution in [0, 0.1) is 0 Å². The van der Waals surface area contributed by atoms with E-state index in [4.69, 9.17) is 13.9 Å². The van der Waals surface area contributed by atoms with Gasteiger partial charge in [-0.1, -0.05) is 23.9 Å². The van der Waals surface area contributed by atoms with Crippen molar-refractivity contribution in [3.8, 4) is 28.8 Å². The lowest BCUT2D eigenvalue weighted by molar-refractivity contribution is -0.113. The van der Waals surface area contributed by atoms with Crippen LogP contribution in [-0.4, -0.2) is 40.6 Å². The zero-order valence-electron chi connectivity index (χ0n) is 16.9. The highest BCUT2D eigenvalue weighted by Crippen LogP contribution is 2.29. The van der Waals surface area contributed by atoms with E-state index in [1.807, 2.05) is 47.0 Å². The summed E-state index contributed by atoms with van der Waals surface area (Å²) in [5.41, 5.74) is 1.44. The first kappa shape index (κ1) is 20.5. The average molecular weight is 436 g/mol. The topological polar surface area (TPSA) is 91.4 Å². The van der Waals surface area contributed by atoms with Crippen LogP contribution in [0.25, 0.3) is 17.3 Å². The minimum atomic E-state index is -0.182. The third-order valence-electron chi connectivity index (χ3n) is 4.42. The van der Waals surface area contributed by atoms with E-state index in [0.717, 1.165) is 11.4 Å². The van der Waals surface area contributed by atoms with E-state index in [1.165, 1.54) is 11.8 Å². The standard InChI is InChI=1S/C22H20N4O4S/c1-28-16-11-9-15(10-12-16)26-21(19-8-5-13-30-19)24-25-22(26)31-14-20(27)23-17-6-3-4-7-18(17)29-2/h3-13H,14H2,1-2H3,(H,23,27). The molecule has 4 rings (SSSR count). The molecular weight excluding hydrogens is 416 g/mol. The van der Waals surface area contributed by atoms with Gasteiger partial charge in [0.05, 0.1) is 37.6 Å². The maximum atomic E-state index is 12.5. The Kier molecular flexibility index (Phi) is 6.23. The molecule has 0 spiro atoms. The van der Waals surface area contributed by atoms with E-state index in [9.17, 15) is 4.79 Å². The van der Waals surface area contributed by atoms with Gasteiger partial charge in [0.1, 0.15) is 11.5 Å². The fourth-order valence-corrected chi connectivity index (χ4v) is 3.71. The smallest absolute Gasteiger partial charge is 0.234 e. The van der Waals surface area contributed by atoms with E-state index < -0.39 is 0 Å². The van der Waals surface area contributed by atoms with Gasteiger partial charge in [0.25, 0.3) is 0 Å². The van der Waals surface area contributed by atoms with Crippen molar-refractivity contribution >= 4 is 23.4 Å². The summed E-state index contributed by atoms with van der Waals surface area (Å²) < 4.78 is 17.9. The van der Waals surface area contributed by atoms with Crippen LogP contribution in [0.4, 0.5) is 5.69 Å². The molecule has 0 saturated carbocycles. The Balaban J connectivity index is 1.57. The number of hydrogen-bond acceptors (Lipinski definition) is 7. The third kappa shape index (κ3) is 4.56. The number of thioether (sulfide) groups is 1. The van der Waals surface area contributed by atoms with E-state index >= 15 is 0 Å². The van der Waals surface area contributed by atoms with Crippen LogP contribution in [-0.2, 0) is 4.79 Å². The molecule has 0 radical (unpaired) electrons. The molecule has 0 fully saturated rings. The minimum absolute atomic E-state index is 0.143. The third-order valence-corrected chi connectivity index (χ3v) is 5.35. The molecule has 8 nitrogen and oxygen atoms in total. The first-order chi connectivity index (χ1) is 15.2. The minimum Gasteiger partial charge on any atom is -0.497 e. The molecule has 0 unspecified atom stereocenters. The van der Waals surface area contributed by atoms with Crippen molar-refractivity contribution in [3.63, 3.8) is 0 Å². The summed E-state index contributed by atoms with van der Waals surface area (Å²) in [6, 6.07) is 18.4. The lowest BCUT2D eigenvalue weighted by Gasteiger charge is -2.11. The number of amides is 1. The largest absolute Gasteiger partial charge is 0.497 e. The van der Waals surface area contributed by atoms with E-state index in [-0.39, 0.29) is 11.7 Å². The summed E-state index contributed by atoms with van der Waals surface area (Å²) in [6.45, 7) is 0. The molecule has 2 aromatic heterocycles. The molecule has 9 heteroatoms. The number of carbonyl (C=O) groups excluding carboxylic acids is 1. The molecule has 1 N–H and O–H groups in total. The molecule has 4 aromatic rings. The molecule has 2 heterocycles. The number of rotatable bonds is 8. The van der Waals surface area contributed by atoms with Crippen molar-refractivity contribution in [2.75, 3.05) is 25.3 Å². The Hall–Kier alpha value is -3.72. The number of carbonyl (C=O) groups is 1. The van der Waals surface area contributed by atoms with Crippen molar-refractivity contribution in [1.82, 2.24) is 14.8 Å². The first-order valence-electron chi connectivity index (χ1n) is 9.39. The van der Waals surface area contributed by atoms with Crippen LogP contribution in [0.1, 0.15) is 0 Å². The molecule has 0 atom stereocenters. The lowest BCUT2D eigenvalue weighted by Crippen LogP contribution is -2.15. The number of para-hydroxylation sites is 2. The van der Waals surface area contributed by atoms with Crippen molar-refractivity contribution < 1.29 is 18.7 Å². The van der Waals surface area contributed by atoms with Crippen LogP contribution >= 0.6 is 11.8 Å². The monoisotopic (exact) mass is 436 g/mol. The van der Waals surface area contributed by atoms with Crippen LogP contribution in [0.5, 0.6) is 11.5 Å². The molecule has 1 amide bonds. The molecule has 158 valence electrons.